The molecule has 2 unspecified atom stereocenters. The number of aliphatic carboxylic acids is 1. The van der Waals surface area contributed by atoms with E-state index in [2.05, 4.69) is 34.9 Å². The van der Waals surface area contributed by atoms with Gasteiger partial charge in [0.05, 0.1) is 5.92 Å². The number of alkyl carbamates (subject to hydrolysis) is 1. The maximum atomic E-state index is 12.8. The number of carboxylic acids is 1. The molecule has 35 heavy (non-hydrogen) atoms. The van der Waals surface area contributed by atoms with Gasteiger partial charge in [-0.3, -0.25) is 9.59 Å². The highest BCUT2D eigenvalue weighted by Gasteiger charge is 2.36. The molecular formula is C28H32N2O5. The van der Waals surface area contributed by atoms with Crippen molar-refractivity contribution >= 4 is 18.0 Å². The smallest absolute Gasteiger partial charge is 0.407 e. The molecule has 3 aliphatic carbocycles. The van der Waals surface area contributed by atoms with E-state index in [1.807, 2.05) is 24.3 Å². The lowest BCUT2D eigenvalue weighted by atomic mass is 9.84. The number of ether oxygens (including phenoxy) is 1. The van der Waals surface area contributed by atoms with E-state index in [1.165, 1.54) is 22.3 Å². The van der Waals surface area contributed by atoms with Crippen LogP contribution in [0.4, 0.5) is 4.79 Å². The second-order valence-electron chi connectivity index (χ2n) is 10.0. The summed E-state index contributed by atoms with van der Waals surface area (Å²) in [6, 6.07) is 16.0. The topological polar surface area (TPSA) is 105 Å². The number of hydrogen-bond donors (Lipinski definition) is 3. The summed E-state index contributed by atoms with van der Waals surface area (Å²) in [6.45, 7) is 0.259. The first-order chi connectivity index (χ1) is 17.0. The molecular weight excluding hydrogens is 444 g/mol. The first-order valence-electron chi connectivity index (χ1n) is 12.7. The number of fused-ring (bicyclic) bond motifs is 3. The highest BCUT2D eigenvalue weighted by molar-refractivity contribution is 5.81. The Morgan fingerprint density at radius 3 is 2.20 bits per heavy atom. The lowest BCUT2D eigenvalue weighted by molar-refractivity contribution is -0.144. The van der Waals surface area contributed by atoms with Crippen molar-refractivity contribution < 1.29 is 24.2 Å². The number of rotatable bonds is 6. The largest absolute Gasteiger partial charge is 0.481 e. The van der Waals surface area contributed by atoms with E-state index in [-0.39, 0.29) is 36.4 Å². The van der Waals surface area contributed by atoms with Crippen molar-refractivity contribution in [3.05, 3.63) is 59.7 Å². The molecule has 0 spiro atoms. The summed E-state index contributed by atoms with van der Waals surface area (Å²) in [5.41, 5.74) is 4.71. The molecule has 0 saturated heterocycles. The molecule has 2 amide bonds. The average Bonchev–Trinajstić information content (AvgIpc) is 3.46. The average molecular weight is 477 g/mol. The van der Waals surface area contributed by atoms with E-state index < -0.39 is 18.0 Å². The van der Waals surface area contributed by atoms with Crippen LogP contribution < -0.4 is 10.6 Å². The summed E-state index contributed by atoms with van der Waals surface area (Å²) < 4.78 is 5.64. The summed E-state index contributed by atoms with van der Waals surface area (Å²) >= 11 is 0. The first kappa shape index (κ1) is 23.4. The van der Waals surface area contributed by atoms with Gasteiger partial charge in [-0.15, -0.1) is 0 Å². The normalized spacial score (nSPS) is 25.4. The van der Waals surface area contributed by atoms with Crippen LogP contribution in [0.3, 0.4) is 0 Å². The van der Waals surface area contributed by atoms with Crippen LogP contribution in [-0.2, 0) is 14.3 Å². The third-order valence-electron chi connectivity index (χ3n) is 7.88. The molecule has 0 aliphatic heterocycles. The highest BCUT2D eigenvalue weighted by atomic mass is 16.5. The molecule has 5 rings (SSSR count). The quantitative estimate of drug-likeness (QED) is 0.571. The number of amides is 2. The second-order valence-corrected chi connectivity index (χ2v) is 10.0. The van der Waals surface area contributed by atoms with Crippen LogP contribution in [0.2, 0.25) is 0 Å². The Morgan fingerprint density at radius 1 is 0.857 bits per heavy atom. The molecule has 2 fully saturated rings. The fraction of sp³-hybridized carbons (Fsp3) is 0.464. The molecule has 3 aliphatic rings. The summed E-state index contributed by atoms with van der Waals surface area (Å²) in [5.74, 6) is -1.65. The number of nitrogens with one attached hydrogen (secondary N) is 2. The van der Waals surface area contributed by atoms with Gasteiger partial charge in [-0.25, -0.2) is 4.79 Å². The zero-order valence-corrected chi connectivity index (χ0v) is 19.7. The Hall–Kier alpha value is -3.35. The summed E-state index contributed by atoms with van der Waals surface area (Å²) in [6.07, 6.45) is 4.59. The van der Waals surface area contributed by atoms with Crippen LogP contribution in [0, 0.1) is 11.8 Å². The second kappa shape index (κ2) is 10.1. The summed E-state index contributed by atoms with van der Waals surface area (Å²) in [7, 11) is 0. The van der Waals surface area contributed by atoms with Crippen molar-refractivity contribution in [1.82, 2.24) is 10.6 Å². The first-order valence-corrected chi connectivity index (χ1v) is 12.7. The molecule has 0 radical (unpaired) electrons. The fourth-order valence-electron chi connectivity index (χ4n) is 6.06. The maximum absolute atomic E-state index is 12.8. The number of benzene rings is 2. The SMILES string of the molecule is O=C(NC1CCC(C(=O)N[C@@H]2CCCC[C@@H]2C(=O)O)C1)OCC1c2ccccc2-c2ccccc21. The van der Waals surface area contributed by atoms with Crippen molar-refractivity contribution in [3.8, 4) is 11.1 Å². The van der Waals surface area contributed by atoms with Crippen molar-refractivity contribution in [3.63, 3.8) is 0 Å². The number of carbonyl (C=O) groups excluding carboxylic acids is 2. The molecule has 7 nitrogen and oxygen atoms in total. The number of hydrogen-bond acceptors (Lipinski definition) is 4. The van der Waals surface area contributed by atoms with Gasteiger partial charge in [0.25, 0.3) is 0 Å². The van der Waals surface area contributed by atoms with Gasteiger partial charge >= 0.3 is 12.1 Å². The predicted molar refractivity (Wildman–Crippen MR) is 131 cm³/mol. The lowest BCUT2D eigenvalue weighted by Crippen LogP contribution is -2.47. The van der Waals surface area contributed by atoms with Crippen molar-refractivity contribution in [1.29, 1.82) is 0 Å². The molecule has 2 aromatic rings. The minimum atomic E-state index is -0.837. The lowest BCUT2D eigenvalue weighted by Gasteiger charge is -2.30. The van der Waals surface area contributed by atoms with Crippen LogP contribution in [0.25, 0.3) is 11.1 Å². The standard InChI is InChI=1S/C28H32N2O5/c31-26(30-25-12-6-5-11-23(25)27(32)33)17-13-14-18(15-17)29-28(34)35-16-24-21-9-3-1-7-19(21)20-8-2-4-10-22(20)24/h1-4,7-10,17-18,23-25H,5-6,11-16H2,(H,29,34)(H,30,31)(H,32,33)/t17?,18?,23-,25+/m0/s1. The monoisotopic (exact) mass is 476 g/mol. The number of carbonyl (C=O) groups is 3. The summed E-state index contributed by atoms with van der Waals surface area (Å²) in [4.78, 5) is 36.9. The van der Waals surface area contributed by atoms with Crippen LogP contribution >= 0.6 is 0 Å². The van der Waals surface area contributed by atoms with Gasteiger partial charge in [0.2, 0.25) is 5.91 Å². The van der Waals surface area contributed by atoms with E-state index >= 15 is 0 Å². The van der Waals surface area contributed by atoms with Crippen molar-refractivity contribution in [2.75, 3.05) is 6.61 Å². The van der Waals surface area contributed by atoms with Crippen LogP contribution in [-0.4, -0.2) is 41.8 Å². The van der Waals surface area contributed by atoms with Crippen molar-refractivity contribution in [2.45, 2.75) is 62.9 Å². The van der Waals surface area contributed by atoms with Crippen molar-refractivity contribution in [2.24, 2.45) is 11.8 Å². The van der Waals surface area contributed by atoms with E-state index in [0.29, 0.717) is 32.1 Å². The van der Waals surface area contributed by atoms with Gasteiger partial charge in [-0.2, -0.15) is 0 Å². The minimum Gasteiger partial charge on any atom is -0.481 e. The van der Waals surface area contributed by atoms with E-state index in [9.17, 15) is 19.5 Å². The van der Waals surface area contributed by atoms with E-state index in [0.717, 1.165) is 12.8 Å². The third kappa shape index (κ3) is 4.90. The third-order valence-corrected chi connectivity index (χ3v) is 7.88. The van der Waals surface area contributed by atoms with Gasteiger partial charge in [0.1, 0.15) is 6.61 Å². The Kier molecular flexibility index (Phi) is 6.75. The Labute approximate surface area is 205 Å². The molecule has 0 aromatic heterocycles. The van der Waals surface area contributed by atoms with Gasteiger partial charge in [-0.1, -0.05) is 61.4 Å². The number of carboxylic acid groups (broad SMARTS) is 1. The fourth-order valence-corrected chi connectivity index (χ4v) is 6.06. The van der Waals surface area contributed by atoms with Gasteiger partial charge in [0.15, 0.2) is 0 Å². The zero-order valence-electron chi connectivity index (χ0n) is 19.7. The zero-order chi connectivity index (χ0) is 24.4. The molecule has 2 saturated carbocycles. The molecule has 0 heterocycles. The van der Waals surface area contributed by atoms with E-state index in [4.69, 9.17) is 4.74 Å². The molecule has 2 aromatic carbocycles. The molecule has 184 valence electrons. The molecule has 0 bridgehead atoms. The predicted octanol–water partition coefficient (Wildman–Crippen LogP) is 4.45. The van der Waals surface area contributed by atoms with E-state index in [1.54, 1.807) is 0 Å². The maximum Gasteiger partial charge on any atom is 0.407 e. The van der Waals surface area contributed by atoms with Gasteiger partial charge in [-0.05, 0) is 54.4 Å². The molecule has 3 N–H and O–H groups in total. The van der Waals surface area contributed by atoms with Gasteiger partial charge in [0, 0.05) is 23.9 Å². The van der Waals surface area contributed by atoms with Crippen LogP contribution in [0.1, 0.15) is 62.0 Å². The van der Waals surface area contributed by atoms with Gasteiger partial charge < -0.3 is 20.5 Å². The van der Waals surface area contributed by atoms with Crippen LogP contribution in [0.5, 0.6) is 0 Å². The minimum absolute atomic E-state index is 0.00734. The molecule has 7 heteroatoms. The molecule has 4 atom stereocenters. The highest BCUT2D eigenvalue weighted by Crippen LogP contribution is 2.44. The van der Waals surface area contributed by atoms with Crippen LogP contribution in [0.15, 0.2) is 48.5 Å². The Bertz CT molecular complexity index is 1070. The summed E-state index contributed by atoms with van der Waals surface area (Å²) in [5, 5.41) is 15.4. The Balaban J connectivity index is 1.12. The Morgan fingerprint density at radius 2 is 1.51 bits per heavy atom.